The van der Waals surface area contributed by atoms with E-state index < -0.39 is 0 Å². The summed E-state index contributed by atoms with van der Waals surface area (Å²) in [7, 11) is 0. The molecule has 0 saturated heterocycles. The molecule has 0 fully saturated rings. The Morgan fingerprint density at radius 2 is 1.65 bits per heavy atom. The molecule has 0 spiro atoms. The summed E-state index contributed by atoms with van der Waals surface area (Å²) in [4.78, 5) is 28.0. The van der Waals surface area contributed by atoms with Crippen molar-refractivity contribution in [1.82, 2.24) is 10.8 Å². The van der Waals surface area contributed by atoms with Crippen molar-refractivity contribution >= 4 is 11.8 Å². The molecular weight excluding hydrogens is 292 g/mol. The summed E-state index contributed by atoms with van der Waals surface area (Å²) in [5, 5.41) is 2.74. The van der Waals surface area contributed by atoms with E-state index >= 15 is 0 Å². The molecule has 0 aliphatic heterocycles. The maximum atomic E-state index is 12.0. The van der Waals surface area contributed by atoms with Crippen LogP contribution < -0.4 is 10.8 Å². The number of rotatable bonds is 7. The largest absolute Gasteiger partial charge is 0.356 e. The Balaban J connectivity index is 1.77. The molecular formula is C18H20N2O3. The van der Waals surface area contributed by atoms with E-state index in [1.165, 1.54) is 6.92 Å². The second-order valence-electron chi connectivity index (χ2n) is 5.14. The molecule has 0 atom stereocenters. The normalized spacial score (nSPS) is 10.1. The number of benzene rings is 2. The SMILES string of the molecule is CC(=O)NCCc1ccc(C(=O)NOCc2ccccc2)cc1. The Hall–Kier alpha value is -2.66. The molecule has 0 unspecified atom stereocenters. The van der Waals surface area contributed by atoms with E-state index in [-0.39, 0.29) is 11.8 Å². The lowest BCUT2D eigenvalue weighted by Gasteiger charge is -2.07. The molecule has 23 heavy (non-hydrogen) atoms. The van der Waals surface area contributed by atoms with Crippen molar-refractivity contribution in [2.45, 2.75) is 20.0 Å². The fraction of sp³-hybridized carbons (Fsp3) is 0.222. The first-order valence-corrected chi connectivity index (χ1v) is 7.44. The molecule has 2 aromatic rings. The molecule has 2 rings (SSSR count). The fourth-order valence-corrected chi connectivity index (χ4v) is 2.02. The lowest BCUT2D eigenvalue weighted by atomic mass is 10.1. The molecule has 0 saturated carbocycles. The van der Waals surface area contributed by atoms with Crippen LogP contribution >= 0.6 is 0 Å². The van der Waals surface area contributed by atoms with Gasteiger partial charge in [-0.15, -0.1) is 0 Å². The Labute approximate surface area is 135 Å². The molecule has 2 aromatic carbocycles. The summed E-state index contributed by atoms with van der Waals surface area (Å²) < 4.78 is 0. The van der Waals surface area contributed by atoms with E-state index in [0.717, 1.165) is 17.5 Å². The van der Waals surface area contributed by atoms with Gasteiger partial charge in [-0.1, -0.05) is 42.5 Å². The molecule has 0 aliphatic rings. The number of hydrogen-bond donors (Lipinski definition) is 2. The highest BCUT2D eigenvalue weighted by Gasteiger charge is 2.05. The van der Waals surface area contributed by atoms with Gasteiger partial charge in [-0.05, 0) is 29.7 Å². The Bertz CT molecular complexity index is 639. The highest BCUT2D eigenvalue weighted by molar-refractivity contribution is 5.93. The van der Waals surface area contributed by atoms with Gasteiger partial charge in [0, 0.05) is 19.0 Å². The van der Waals surface area contributed by atoms with Gasteiger partial charge in [0.15, 0.2) is 0 Å². The zero-order valence-corrected chi connectivity index (χ0v) is 13.0. The zero-order valence-electron chi connectivity index (χ0n) is 13.0. The smallest absolute Gasteiger partial charge is 0.274 e. The third kappa shape index (κ3) is 5.92. The molecule has 0 aliphatic carbocycles. The second-order valence-corrected chi connectivity index (χ2v) is 5.14. The third-order valence-electron chi connectivity index (χ3n) is 3.25. The molecule has 2 amide bonds. The van der Waals surface area contributed by atoms with Gasteiger partial charge in [0.05, 0.1) is 6.61 Å². The minimum absolute atomic E-state index is 0.0448. The van der Waals surface area contributed by atoms with E-state index in [9.17, 15) is 9.59 Å². The quantitative estimate of drug-likeness (QED) is 0.770. The Morgan fingerprint density at radius 3 is 2.30 bits per heavy atom. The van der Waals surface area contributed by atoms with Crippen molar-refractivity contribution in [3.05, 3.63) is 71.3 Å². The van der Waals surface area contributed by atoms with E-state index in [1.54, 1.807) is 12.1 Å². The van der Waals surface area contributed by atoms with Crippen LogP contribution in [-0.4, -0.2) is 18.4 Å². The van der Waals surface area contributed by atoms with Gasteiger partial charge in [0.25, 0.3) is 5.91 Å². The summed E-state index contributed by atoms with van der Waals surface area (Å²) >= 11 is 0. The minimum Gasteiger partial charge on any atom is -0.356 e. The van der Waals surface area contributed by atoms with Gasteiger partial charge in [-0.2, -0.15) is 0 Å². The highest BCUT2D eigenvalue weighted by Crippen LogP contribution is 2.05. The fourth-order valence-electron chi connectivity index (χ4n) is 2.02. The zero-order chi connectivity index (χ0) is 16.5. The predicted octanol–water partition coefficient (Wildman–Crippen LogP) is 2.23. The summed E-state index contributed by atoms with van der Waals surface area (Å²) in [5.41, 5.74) is 5.00. The maximum absolute atomic E-state index is 12.0. The monoisotopic (exact) mass is 312 g/mol. The van der Waals surface area contributed by atoms with Crippen LogP contribution in [0.5, 0.6) is 0 Å². The number of hydroxylamine groups is 1. The molecule has 0 radical (unpaired) electrons. The highest BCUT2D eigenvalue weighted by atomic mass is 16.6. The minimum atomic E-state index is -0.283. The Kier molecular flexibility index (Phi) is 6.32. The number of carbonyl (C=O) groups is 2. The number of hydrogen-bond acceptors (Lipinski definition) is 3. The predicted molar refractivity (Wildman–Crippen MR) is 87.5 cm³/mol. The number of carbonyl (C=O) groups excluding carboxylic acids is 2. The molecule has 120 valence electrons. The van der Waals surface area contributed by atoms with Crippen LogP contribution in [0.2, 0.25) is 0 Å². The van der Waals surface area contributed by atoms with Crippen molar-refractivity contribution in [1.29, 1.82) is 0 Å². The first-order chi connectivity index (χ1) is 11.1. The van der Waals surface area contributed by atoms with Crippen molar-refractivity contribution in [3.8, 4) is 0 Å². The molecule has 2 N–H and O–H groups in total. The Morgan fingerprint density at radius 1 is 0.957 bits per heavy atom. The van der Waals surface area contributed by atoms with Gasteiger partial charge < -0.3 is 5.32 Å². The van der Waals surface area contributed by atoms with E-state index in [0.29, 0.717) is 18.7 Å². The van der Waals surface area contributed by atoms with E-state index in [2.05, 4.69) is 10.8 Å². The average molecular weight is 312 g/mol. The summed E-state index contributed by atoms with van der Waals surface area (Å²) in [6, 6.07) is 16.8. The maximum Gasteiger partial charge on any atom is 0.274 e. The van der Waals surface area contributed by atoms with Crippen LogP contribution in [0.1, 0.15) is 28.4 Å². The van der Waals surface area contributed by atoms with Gasteiger partial charge in [-0.3, -0.25) is 14.4 Å². The van der Waals surface area contributed by atoms with Gasteiger partial charge in [0.1, 0.15) is 0 Å². The first kappa shape index (κ1) is 16.7. The van der Waals surface area contributed by atoms with Crippen molar-refractivity contribution in [3.63, 3.8) is 0 Å². The van der Waals surface area contributed by atoms with Crippen LogP contribution in [0.25, 0.3) is 0 Å². The van der Waals surface area contributed by atoms with Crippen LogP contribution in [-0.2, 0) is 22.7 Å². The summed E-state index contributed by atoms with van der Waals surface area (Å²) in [6.45, 7) is 2.39. The average Bonchev–Trinajstić information content (AvgIpc) is 2.56. The summed E-state index contributed by atoms with van der Waals surface area (Å²) in [6.07, 6.45) is 0.728. The molecule has 0 bridgehead atoms. The first-order valence-electron chi connectivity index (χ1n) is 7.44. The van der Waals surface area contributed by atoms with Gasteiger partial charge in [0.2, 0.25) is 5.91 Å². The van der Waals surface area contributed by atoms with Crippen LogP contribution in [0, 0.1) is 0 Å². The van der Waals surface area contributed by atoms with Crippen LogP contribution in [0.15, 0.2) is 54.6 Å². The number of amides is 2. The lowest BCUT2D eigenvalue weighted by Crippen LogP contribution is -2.24. The molecule has 0 aromatic heterocycles. The third-order valence-corrected chi connectivity index (χ3v) is 3.25. The molecule has 0 heterocycles. The standard InChI is InChI=1S/C18H20N2O3/c1-14(21)19-12-11-15-7-9-17(10-8-15)18(22)20-23-13-16-5-3-2-4-6-16/h2-10H,11-13H2,1H3,(H,19,21)(H,20,22). The van der Waals surface area contributed by atoms with Crippen molar-refractivity contribution < 1.29 is 14.4 Å². The van der Waals surface area contributed by atoms with E-state index in [1.807, 2.05) is 42.5 Å². The van der Waals surface area contributed by atoms with Gasteiger partial charge in [-0.25, -0.2) is 5.48 Å². The lowest BCUT2D eigenvalue weighted by molar-refractivity contribution is -0.118. The van der Waals surface area contributed by atoms with Crippen LogP contribution in [0.4, 0.5) is 0 Å². The second kappa shape index (κ2) is 8.70. The van der Waals surface area contributed by atoms with E-state index in [4.69, 9.17) is 4.84 Å². The topological polar surface area (TPSA) is 67.4 Å². The van der Waals surface area contributed by atoms with Crippen molar-refractivity contribution in [2.24, 2.45) is 0 Å². The molecule has 5 nitrogen and oxygen atoms in total. The van der Waals surface area contributed by atoms with Crippen molar-refractivity contribution in [2.75, 3.05) is 6.54 Å². The van der Waals surface area contributed by atoms with Crippen LogP contribution in [0.3, 0.4) is 0 Å². The molecule has 5 heteroatoms. The number of nitrogens with one attached hydrogen (secondary N) is 2. The van der Waals surface area contributed by atoms with Gasteiger partial charge >= 0.3 is 0 Å². The summed E-state index contributed by atoms with van der Waals surface area (Å²) in [5.74, 6) is -0.328.